The van der Waals surface area contributed by atoms with Crippen molar-refractivity contribution in [3.63, 3.8) is 0 Å². The Balaban J connectivity index is 1.93. The van der Waals surface area contributed by atoms with Crippen molar-refractivity contribution in [1.82, 2.24) is 9.97 Å². The number of aromatic nitrogens is 2. The van der Waals surface area contributed by atoms with Gasteiger partial charge in [0.2, 0.25) is 5.95 Å². The van der Waals surface area contributed by atoms with E-state index in [1.807, 2.05) is 69.3 Å². The average molecular weight is 381 g/mol. The first-order chi connectivity index (χ1) is 13.0. The number of halogens is 1. The topological polar surface area (TPSA) is 58.1 Å². The van der Waals surface area contributed by atoms with Gasteiger partial charge in [0.25, 0.3) is 5.91 Å². The van der Waals surface area contributed by atoms with Gasteiger partial charge in [-0.3, -0.25) is 4.79 Å². The van der Waals surface area contributed by atoms with Crippen LogP contribution < -0.4 is 10.2 Å². The molecule has 5 nitrogen and oxygen atoms in total. The highest BCUT2D eigenvalue weighted by Gasteiger charge is 2.19. The Morgan fingerprint density at radius 3 is 2.52 bits per heavy atom. The van der Waals surface area contributed by atoms with E-state index in [0.29, 0.717) is 28.9 Å². The molecule has 0 radical (unpaired) electrons. The van der Waals surface area contributed by atoms with E-state index in [1.165, 1.54) is 0 Å². The highest BCUT2D eigenvalue weighted by atomic mass is 35.5. The van der Waals surface area contributed by atoms with Crippen LogP contribution in [0.2, 0.25) is 5.02 Å². The summed E-state index contributed by atoms with van der Waals surface area (Å²) in [5.74, 6) is 0.202. The van der Waals surface area contributed by atoms with E-state index in [2.05, 4.69) is 15.3 Å². The molecule has 1 aromatic heterocycles. The van der Waals surface area contributed by atoms with Gasteiger partial charge in [-0.15, -0.1) is 0 Å². The van der Waals surface area contributed by atoms with Crippen molar-refractivity contribution in [3.8, 4) is 0 Å². The van der Waals surface area contributed by atoms with Crippen molar-refractivity contribution in [2.24, 2.45) is 0 Å². The number of para-hydroxylation sites is 1. The second-order valence-electron chi connectivity index (χ2n) is 6.14. The first-order valence-corrected chi connectivity index (χ1v) is 9.12. The maximum Gasteiger partial charge on any atom is 0.277 e. The first kappa shape index (κ1) is 18.9. The third-order valence-corrected chi connectivity index (χ3v) is 4.63. The first-order valence-electron chi connectivity index (χ1n) is 8.74. The molecule has 0 aliphatic rings. The SMILES string of the molecule is CCN(C(=O)c1cc(C)nc(Nc2cccc(Cl)c2C)n1)c1ccccc1. The summed E-state index contributed by atoms with van der Waals surface area (Å²) in [6, 6.07) is 16.8. The molecular formula is C21H21ClN4O. The lowest BCUT2D eigenvalue weighted by Crippen LogP contribution is -2.31. The fraction of sp³-hybridized carbons (Fsp3) is 0.190. The van der Waals surface area contributed by atoms with Crippen molar-refractivity contribution < 1.29 is 4.79 Å². The van der Waals surface area contributed by atoms with E-state index in [9.17, 15) is 4.79 Å². The molecule has 138 valence electrons. The Hall–Kier alpha value is -2.92. The number of benzene rings is 2. The minimum Gasteiger partial charge on any atom is -0.324 e. The van der Waals surface area contributed by atoms with Crippen LogP contribution in [-0.4, -0.2) is 22.4 Å². The van der Waals surface area contributed by atoms with Gasteiger partial charge >= 0.3 is 0 Å². The molecule has 0 saturated heterocycles. The van der Waals surface area contributed by atoms with Crippen LogP contribution in [-0.2, 0) is 0 Å². The third kappa shape index (κ3) is 4.26. The molecule has 6 heteroatoms. The Bertz CT molecular complexity index is 960. The highest BCUT2D eigenvalue weighted by molar-refractivity contribution is 6.31. The average Bonchev–Trinajstić information content (AvgIpc) is 2.66. The van der Waals surface area contributed by atoms with Crippen molar-refractivity contribution in [3.05, 3.63) is 76.6 Å². The standard InChI is InChI=1S/C21H21ClN4O/c1-4-26(16-9-6-5-7-10-16)20(27)19-13-14(2)23-21(25-19)24-18-12-8-11-17(22)15(18)3/h5-13H,4H2,1-3H3,(H,23,24,25). The molecule has 2 aromatic carbocycles. The highest BCUT2D eigenvalue weighted by Crippen LogP contribution is 2.25. The van der Waals surface area contributed by atoms with Crippen LogP contribution in [0.1, 0.15) is 28.7 Å². The second kappa shape index (κ2) is 8.18. The summed E-state index contributed by atoms with van der Waals surface area (Å²) in [5, 5.41) is 3.83. The Morgan fingerprint density at radius 1 is 1.07 bits per heavy atom. The quantitative estimate of drug-likeness (QED) is 0.664. The summed E-state index contributed by atoms with van der Waals surface area (Å²) in [7, 11) is 0. The summed E-state index contributed by atoms with van der Waals surface area (Å²) >= 11 is 6.18. The number of hydrogen-bond donors (Lipinski definition) is 1. The fourth-order valence-electron chi connectivity index (χ4n) is 2.79. The number of rotatable bonds is 5. The second-order valence-corrected chi connectivity index (χ2v) is 6.55. The molecule has 0 aliphatic heterocycles. The lowest BCUT2D eigenvalue weighted by atomic mass is 10.2. The van der Waals surface area contributed by atoms with Gasteiger partial charge in [0.15, 0.2) is 0 Å². The van der Waals surface area contributed by atoms with Crippen LogP contribution >= 0.6 is 11.6 Å². The molecule has 3 rings (SSSR count). The van der Waals surface area contributed by atoms with Gasteiger partial charge < -0.3 is 10.2 Å². The lowest BCUT2D eigenvalue weighted by Gasteiger charge is -2.21. The van der Waals surface area contributed by atoms with Crippen LogP contribution in [0.4, 0.5) is 17.3 Å². The summed E-state index contributed by atoms with van der Waals surface area (Å²) in [6.07, 6.45) is 0. The molecule has 1 amide bonds. The lowest BCUT2D eigenvalue weighted by molar-refractivity contribution is 0.0983. The van der Waals surface area contributed by atoms with Crippen LogP contribution in [0.25, 0.3) is 0 Å². The molecule has 1 N–H and O–H groups in total. The van der Waals surface area contributed by atoms with E-state index in [1.54, 1.807) is 11.0 Å². The number of carbonyl (C=O) groups excluding carboxylic acids is 1. The van der Waals surface area contributed by atoms with Gasteiger partial charge in [-0.25, -0.2) is 9.97 Å². The normalized spacial score (nSPS) is 10.5. The van der Waals surface area contributed by atoms with Crippen LogP contribution in [0.3, 0.4) is 0 Å². The molecule has 0 saturated carbocycles. The molecule has 0 atom stereocenters. The molecule has 0 unspecified atom stereocenters. The zero-order valence-corrected chi connectivity index (χ0v) is 16.3. The number of carbonyl (C=O) groups is 1. The van der Waals surface area contributed by atoms with Crippen LogP contribution in [0, 0.1) is 13.8 Å². The fourth-order valence-corrected chi connectivity index (χ4v) is 2.96. The number of nitrogens with one attached hydrogen (secondary N) is 1. The predicted octanol–water partition coefficient (Wildman–Crippen LogP) is 5.16. The molecule has 0 aliphatic carbocycles. The maximum atomic E-state index is 13.0. The Morgan fingerprint density at radius 2 is 1.81 bits per heavy atom. The monoisotopic (exact) mass is 380 g/mol. The van der Waals surface area contributed by atoms with Gasteiger partial charge in [-0.05, 0) is 56.7 Å². The predicted molar refractivity (Wildman–Crippen MR) is 110 cm³/mol. The van der Waals surface area contributed by atoms with Crippen molar-refractivity contribution in [1.29, 1.82) is 0 Å². The van der Waals surface area contributed by atoms with Gasteiger partial charge in [0.05, 0.1) is 0 Å². The summed E-state index contributed by atoms with van der Waals surface area (Å²) in [4.78, 5) is 23.6. The molecule has 1 heterocycles. The zero-order chi connectivity index (χ0) is 19.4. The zero-order valence-electron chi connectivity index (χ0n) is 15.5. The summed E-state index contributed by atoms with van der Waals surface area (Å²) in [6.45, 7) is 6.24. The molecule has 0 bridgehead atoms. The molecule has 27 heavy (non-hydrogen) atoms. The largest absolute Gasteiger partial charge is 0.324 e. The minimum atomic E-state index is -0.167. The molecule has 3 aromatic rings. The van der Waals surface area contributed by atoms with Crippen molar-refractivity contribution in [2.75, 3.05) is 16.8 Å². The van der Waals surface area contributed by atoms with Gasteiger partial charge in [0.1, 0.15) is 5.69 Å². The van der Waals surface area contributed by atoms with Gasteiger partial charge in [0, 0.05) is 28.6 Å². The smallest absolute Gasteiger partial charge is 0.277 e. The molecule has 0 spiro atoms. The van der Waals surface area contributed by atoms with E-state index in [-0.39, 0.29) is 5.91 Å². The number of nitrogens with zero attached hydrogens (tertiary/aromatic N) is 3. The molecular weight excluding hydrogens is 360 g/mol. The number of aryl methyl sites for hydroxylation is 1. The van der Waals surface area contributed by atoms with Crippen LogP contribution in [0.15, 0.2) is 54.6 Å². The van der Waals surface area contributed by atoms with Crippen LogP contribution in [0.5, 0.6) is 0 Å². The molecule has 0 fully saturated rings. The minimum absolute atomic E-state index is 0.167. The van der Waals surface area contributed by atoms with Gasteiger partial charge in [-0.2, -0.15) is 0 Å². The summed E-state index contributed by atoms with van der Waals surface area (Å²) in [5.41, 5.74) is 3.59. The van der Waals surface area contributed by atoms with Gasteiger partial charge in [-0.1, -0.05) is 35.9 Å². The summed E-state index contributed by atoms with van der Waals surface area (Å²) < 4.78 is 0. The van der Waals surface area contributed by atoms with Crippen molar-refractivity contribution >= 4 is 34.8 Å². The Labute approximate surface area is 164 Å². The maximum absolute atomic E-state index is 13.0. The van der Waals surface area contributed by atoms with Crippen molar-refractivity contribution in [2.45, 2.75) is 20.8 Å². The number of anilines is 3. The van der Waals surface area contributed by atoms with E-state index in [0.717, 1.165) is 16.9 Å². The Kier molecular flexibility index (Phi) is 5.72. The number of hydrogen-bond acceptors (Lipinski definition) is 4. The number of amides is 1. The van der Waals surface area contributed by atoms with E-state index in [4.69, 9.17) is 11.6 Å². The third-order valence-electron chi connectivity index (χ3n) is 4.22. The van der Waals surface area contributed by atoms with E-state index >= 15 is 0 Å². The van der Waals surface area contributed by atoms with E-state index < -0.39 is 0 Å².